The van der Waals surface area contributed by atoms with Crippen molar-refractivity contribution in [3.63, 3.8) is 0 Å². The minimum Gasteiger partial charge on any atom is -0.207 e. The molecule has 0 unspecified atom stereocenters. The van der Waals surface area contributed by atoms with Crippen molar-refractivity contribution in [2.24, 2.45) is 0 Å². The monoisotopic (exact) mass is 210 g/mol. The first-order valence-corrected chi connectivity index (χ1v) is 4.52. The highest BCUT2D eigenvalue weighted by Crippen LogP contribution is 2.09. The fourth-order valence-corrected chi connectivity index (χ4v) is 1.43. The number of hydrogen-bond donors (Lipinski definition) is 0. The van der Waals surface area contributed by atoms with Crippen molar-refractivity contribution in [1.82, 2.24) is 9.30 Å². The molecule has 0 atom stereocenters. The van der Waals surface area contributed by atoms with Crippen LogP contribution in [0.2, 0.25) is 0 Å². The fourth-order valence-electron chi connectivity index (χ4n) is 1.26. The second-order valence-electron chi connectivity index (χ2n) is 3.04. The van der Waals surface area contributed by atoms with E-state index in [1.807, 2.05) is 0 Å². The Bertz CT molecular complexity index is 422. The van der Waals surface area contributed by atoms with Crippen LogP contribution in [0.4, 0.5) is 4.39 Å². The maximum absolute atomic E-state index is 12.6. The van der Waals surface area contributed by atoms with Crippen LogP contribution in [-0.4, -0.2) is 9.30 Å². The molecule has 0 spiro atoms. The molecule has 0 bridgehead atoms. The number of hydrogen-bond acceptors (Lipinski definition) is 1. The predicted octanol–water partition coefficient (Wildman–Crippen LogP) is 2.61. The Kier molecular flexibility index (Phi) is 2.50. The Labute approximate surface area is 86.0 Å². The lowest BCUT2D eigenvalue weighted by Gasteiger charge is -1.97. The van der Waals surface area contributed by atoms with Gasteiger partial charge in [-0.25, -0.2) is 4.39 Å². The van der Waals surface area contributed by atoms with E-state index in [9.17, 15) is 4.39 Å². The number of benzene rings is 1. The molecule has 2 aromatic rings. The standard InChI is InChI=1S/C10H8ClFN2/c11-14-7-9(6-13-14)5-8-1-3-10(12)4-2-8/h1-4,6-7H,5H2. The van der Waals surface area contributed by atoms with Gasteiger partial charge in [0.05, 0.1) is 6.20 Å². The predicted molar refractivity (Wildman–Crippen MR) is 52.7 cm³/mol. The molecular weight excluding hydrogens is 203 g/mol. The zero-order chi connectivity index (χ0) is 9.97. The minimum absolute atomic E-state index is 0.221. The summed E-state index contributed by atoms with van der Waals surface area (Å²) >= 11 is 5.60. The molecule has 0 aliphatic carbocycles. The second kappa shape index (κ2) is 3.80. The summed E-state index contributed by atoms with van der Waals surface area (Å²) < 4.78 is 13.8. The summed E-state index contributed by atoms with van der Waals surface area (Å²) in [6.07, 6.45) is 4.13. The van der Waals surface area contributed by atoms with Gasteiger partial charge >= 0.3 is 0 Å². The lowest BCUT2D eigenvalue weighted by molar-refractivity contribution is 0.627. The van der Waals surface area contributed by atoms with Gasteiger partial charge in [-0.3, -0.25) is 0 Å². The number of nitrogens with zero attached hydrogens (tertiary/aromatic N) is 2. The van der Waals surface area contributed by atoms with E-state index in [4.69, 9.17) is 11.8 Å². The maximum Gasteiger partial charge on any atom is 0.123 e. The maximum atomic E-state index is 12.6. The van der Waals surface area contributed by atoms with E-state index in [1.165, 1.54) is 16.3 Å². The van der Waals surface area contributed by atoms with Crippen LogP contribution in [0.3, 0.4) is 0 Å². The molecule has 1 aromatic heterocycles. The Hall–Kier alpha value is -1.35. The third-order valence-corrected chi connectivity index (χ3v) is 2.11. The molecule has 0 aliphatic rings. The molecule has 1 heterocycles. The lowest BCUT2D eigenvalue weighted by atomic mass is 10.1. The van der Waals surface area contributed by atoms with Crippen molar-refractivity contribution in [2.45, 2.75) is 6.42 Å². The normalized spacial score (nSPS) is 10.4. The van der Waals surface area contributed by atoms with Gasteiger partial charge in [0.2, 0.25) is 0 Å². The van der Waals surface area contributed by atoms with Gasteiger partial charge in [0, 0.05) is 24.4 Å². The second-order valence-corrected chi connectivity index (χ2v) is 3.39. The van der Waals surface area contributed by atoms with Crippen LogP contribution in [0.5, 0.6) is 0 Å². The van der Waals surface area contributed by atoms with E-state index < -0.39 is 0 Å². The van der Waals surface area contributed by atoms with Crippen LogP contribution < -0.4 is 0 Å². The van der Waals surface area contributed by atoms with Gasteiger partial charge in [-0.2, -0.15) is 9.30 Å². The smallest absolute Gasteiger partial charge is 0.123 e. The van der Waals surface area contributed by atoms with Crippen molar-refractivity contribution >= 4 is 11.8 Å². The van der Waals surface area contributed by atoms with E-state index >= 15 is 0 Å². The zero-order valence-electron chi connectivity index (χ0n) is 7.32. The van der Waals surface area contributed by atoms with Gasteiger partial charge in [0.15, 0.2) is 0 Å². The molecule has 0 saturated carbocycles. The van der Waals surface area contributed by atoms with E-state index in [0.29, 0.717) is 6.42 Å². The van der Waals surface area contributed by atoms with Crippen LogP contribution in [0.15, 0.2) is 36.7 Å². The van der Waals surface area contributed by atoms with Gasteiger partial charge in [-0.05, 0) is 23.3 Å². The molecule has 14 heavy (non-hydrogen) atoms. The summed E-state index contributed by atoms with van der Waals surface area (Å²) in [4.78, 5) is 0. The quantitative estimate of drug-likeness (QED) is 0.745. The molecule has 0 saturated heterocycles. The molecule has 2 rings (SSSR count). The molecular formula is C10H8ClFN2. The third-order valence-electron chi connectivity index (χ3n) is 1.93. The van der Waals surface area contributed by atoms with Gasteiger partial charge in [-0.15, -0.1) is 0 Å². The van der Waals surface area contributed by atoms with Crippen LogP contribution >= 0.6 is 11.8 Å². The van der Waals surface area contributed by atoms with E-state index in [-0.39, 0.29) is 5.82 Å². The zero-order valence-corrected chi connectivity index (χ0v) is 8.08. The van der Waals surface area contributed by atoms with Gasteiger partial charge in [-0.1, -0.05) is 12.1 Å². The van der Waals surface area contributed by atoms with Crippen LogP contribution in [0.25, 0.3) is 0 Å². The molecule has 0 fully saturated rings. The molecule has 0 aliphatic heterocycles. The van der Waals surface area contributed by atoms with Crippen molar-refractivity contribution in [3.8, 4) is 0 Å². The van der Waals surface area contributed by atoms with Crippen molar-refractivity contribution < 1.29 is 4.39 Å². The Morgan fingerprint density at radius 2 is 1.93 bits per heavy atom. The summed E-state index contributed by atoms with van der Waals surface area (Å²) in [7, 11) is 0. The van der Waals surface area contributed by atoms with E-state index in [2.05, 4.69) is 5.10 Å². The van der Waals surface area contributed by atoms with Crippen molar-refractivity contribution in [2.75, 3.05) is 0 Å². The van der Waals surface area contributed by atoms with Gasteiger partial charge in [0.1, 0.15) is 5.82 Å². The van der Waals surface area contributed by atoms with E-state index in [0.717, 1.165) is 11.1 Å². The number of rotatable bonds is 2. The highest BCUT2D eigenvalue weighted by atomic mass is 35.5. The molecule has 0 amide bonds. The summed E-state index contributed by atoms with van der Waals surface area (Å²) in [5.41, 5.74) is 2.04. The largest absolute Gasteiger partial charge is 0.207 e. The van der Waals surface area contributed by atoms with Gasteiger partial charge < -0.3 is 0 Å². The Morgan fingerprint density at radius 1 is 1.21 bits per heavy atom. The molecule has 72 valence electrons. The van der Waals surface area contributed by atoms with E-state index in [1.54, 1.807) is 24.5 Å². The highest BCUT2D eigenvalue weighted by molar-refractivity contribution is 6.14. The Morgan fingerprint density at radius 3 is 2.50 bits per heavy atom. The third kappa shape index (κ3) is 2.12. The lowest BCUT2D eigenvalue weighted by Crippen LogP contribution is -1.85. The molecule has 2 nitrogen and oxygen atoms in total. The first kappa shape index (κ1) is 9.21. The van der Waals surface area contributed by atoms with Crippen molar-refractivity contribution in [3.05, 3.63) is 53.6 Å². The first-order valence-electron chi connectivity index (χ1n) is 4.18. The number of halogens is 2. The fraction of sp³-hybridized carbons (Fsp3) is 0.100. The summed E-state index contributed by atoms with van der Waals surface area (Å²) in [6.45, 7) is 0. The van der Waals surface area contributed by atoms with Gasteiger partial charge in [0.25, 0.3) is 0 Å². The Balaban J connectivity index is 2.15. The molecule has 1 aromatic carbocycles. The first-order chi connectivity index (χ1) is 6.74. The molecule has 0 N–H and O–H groups in total. The average Bonchev–Trinajstić information content (AvgIpc) is 2.56. The summed E-state index contributed by atoms with van der Waals surface area (Å²) in [5, 5.41) is 3.84. The van der Waals surface area contributed by atoms with Crippen LogP contribution in [-0.2, 0) is 6.42 Å². The SMILES string of the molecule is Fc1ccc(Cc2cnn(Cl)c2)cc1. The topological polar surface area (TPSA) is 17.8 Å². The average molecular weight is 211 g/mol. The minimum atomic E-state index is -0.221. The highest BCUT2D eigenvalue weighted by Gasteiger charge is 1.99. The molecule has 0 radical (unpaired) electrons. The molecule has 4 heteroatoms. The summed E-state index contributed by atoms with van der Waals surface area (Å²) in [5.74, 6) is -0.221. The van der Waals surface area contributed by atoms with Crippen LogP contribution in [0, 0.1) is 5.82 Å². The summed E-state index contributed by atoms with van der Waals surface area (Å²) in [6, 6.07) is 6.39. The van der Waals surface area contributed by atoms with Crippen molar-refractivity contribution in [1.29, 1.82) is 0 Å². The van der Waals surface area contributed by atoms with Crippen LogP contribution in [0.1, 0.15) is 11.1 Å². The number of aromatic nitrogens is 2.